The Hall–Kier alpha value is -3.02. The van der Waals surface area contributed by atoms with E-state index in [0.29, 0.717) is 18.8 Å². The second-order valence-corrected chi connectivity index (χ2v) is 6.96. The van der Waals surface area contributed by atoms with Crippen molar-refractivity contribution >= 4 is 23.3 Å². The fraction of sp³-hybridized carbons (Fsp3) is 0.364. The molecule has 150 valence electrons. The number of hydrogen-bond donors (Lipinski definition) is 2. The third kappa shape index (κ3) is 5.49. The number of hydrogen-bond acceptors (Lipinski definition) is 3. The van der Waals surface area contributed by atoms with Crippen molar-refractivity contribution in [1.29, 1.82) is 0 Å². The van der Waals surface area contributed by atoms with E-state index in [0.717, 1.165) is 16.8 Å². The molecule has 3 amide bonds. The van der Waals surface area contributed by atoms with Gasteiger partial charge in [0.25, 0.3) is 0 Å². The molecule has 0 saturated heterocycles. The summed E-state index contributed by atoms with van der Waals surface area (Å²) in [6.07, 6.45) is 0. The van der Waals surface area contributed by atoms with Crippen LogP contribution >= 0.6 is 0 Å². The molecule has 2 N–H and O–H groups in total. The second kappa shape index (κ2) is 9.78. The SMILES string of the molecule is CCNC(=O)Nc1ccc(N(C)C)c(CN(C(C)=O)[C@H](C)c2ccccc2)c1. The Balaban J connectivity index is 2.33. The summed E-state index contributed by atoms with van der Waals surface area (Å²) in [5.74, 6) is 0.00291. The molecule has 6 nitrogen and oxygen atoms in total. The Morgan fingerprint density at radius 3 is 2.32 bits per heavy atom. The van der Waals surface area contributed by atoms with Crippen LogP contribution in [0.5, 0.6) is 0 Å². The summed E-state index contributed by atoms with van der Waals surface area (Å²) < 4.78 is 0. The molecule has 0 aliphatic heterocycles. The lowest BCUT2D eigenvalue weighted by molar-refractivity contribution is -0.131. The van der Waals surface area contributed by atoms with Crippen molar-refractivity contribution < 1.29 is 9.59 Å². The Labute approximate surface area is 167 Å². The van der Waals surface area contributed by atoms with E-state index in [1.807, 2.05) is 86.3 Å². The summed E-state index contributed by atoms with van der Waals surface area (Å²) in [7, 11) is 3.93. The number of urea groups is 1. The molecular formula is C22H30N4O2. The summed E-state index contributed by atoms with van der Waals surface area (Å²) >= 11 is 0. The molecule has 0 aromatic heterocycles. The molecule has 0 unspecified atom stereocenters. The average molecular weight is 383 g/mol. The lowest BCUT2D eigenvalue weighted by Crippen LogP contribution is -2.32. The molecule has 1 atom stereocenters. The zero-order chi connectivity index (χ0) is 20.7. The highest BCUT2D eigenvalue weighted by molar-refractivity contribution is 5.89. The molecule has 0 spiro atoms. The minimum absolute atomic E-state index is 0.00291. The number of amides is 3. The normalized spacial score (nSPS) is 11.5. The van der Waals surface area contributed by atoms with Gasteiger partial charge in [-0.15, -0.1) is 0 Å². The Morgan fingerprint density at radius 1 is 1.07 bits per heavy atom. The van der Waals surface area contributed by atoms with Crippen molar-refractivity contribution in [2.24, 2.45) is 0 Å². The van der Waals surface area contributed by atoms with Crippen LogP contribution in [0.2, 0.25) is 0 Å². The van der Waals surface area contributed by atoms with Crippen LogP contribution in [-0.4, -0.2) is 37.5 Å². The number of carbonyl (C=O) groups is 2. The van der Waals surface area contributed by atoms with Crippen LogP contribution in [0.25, 0.3) is 0 Å². The van der Waals surface area contributed by atoms with Gasteiger partial charge in [0, 0.05) is 45.5 Å². The monoisotopic (exact) mass is 382 g/mol. The lowest BCUT2D eigenvalue weighted by Gasteiger charge is -2.30. The van der Waals surface area contributed by atoms with Crippen molar-refractivity contribution in [1.82, 2.24) is 10.2 Å². The molecule has 0 aliphatic carbocycles. The maximum absolute atomic E-state index is 12.4. The number of carbonyl (C=O) groups excluding carboxylic acids is 2. The summed E-state index contributed by atoms with van der Waals surface area (Å²) in [4.78, 5) is 28.1. The zero-order valence-electron chi connectivity index (χ0n) is 17.3. The summed E-state index contributed by atoms with van der Waals surface area (Å²) in [5.41, 5.74) is 3.76. The third-order valence-corrected chi connectivity index (χ3v) is 4.65. The highest BCUT2D eigenvalue weighted by Gasteiger charge is 2.20. The van der Waals surface area contributed by atoms with Crippen LogP contribution in [0.15, 0.2) is 48.5 Å². The number of rotatable bonds is 7. The van der Waals surface area contributed by atoms with Gasteiger partial charge in [0.2, 0.25) is 5.91 Å². The maximum atomic E-state index is 12.4. The molecule has 0 aliphatic rings. The van der Waals surface area contributed by atoms with Gasteiger partial charge >= 0.3 is 6.03 Å². The summed E-state index contributed by atoms with van der Waals surface area (Å²) in [6, 6.07) is 15.4. The van der Waals surface area contributed by atoms with E-state index in [9.17, 15) is 9.59 Å². The molecule has 2 aromatic carbocycles. The molecule has 0 heterocycles. The predicted molar refractivity (Wildman–Crippen MR) is 115 cm³/mol. The van der Waals surface area contributed by atoms with Gasteiger partial charge in [0.15, 0.2) is 0 Å². The van der Waals surface area contributed by atoms with E-state index in [2.05, 4.69) is 10.6 Å². The molecule has 2 rings (SSSR count). The first-order valence-corrected chi connectivity index (χ1v) is 9.50. The standard InChI is InChI=1S/C22H30N4O2/c1-6-23-22(28)24-20-12-13-21(25(4)5)19(14-20)15-26(17(3)27)16(2)18-10-8-7-9-11-18/h7-14,16H,6,15H2,1-5H3,(H2,23,24,28)/t16-/m1/s1. The molecule has 0 radical (unpaired) electrons. The molecule has 6 heteroatoms. The van der Waals surface area contributed by atoms with Crippen LogP contribution < -0.4 is 15.5 Å². The number of nitrogens with one attached hydrogen (secondary N) is 2. The van der Waals surface area contributed by atoms with Gasteiger partial charge in [-0.1, -0.05) is 30.3 Å². The van der Waals surface area contributed by atoms with E-state index in [4.69, 9.17) is 0 Å². The van der Waals surface area contributed by atoms with E-state index in [1.165, 1.54) is 0 Å². The van der Waals surface area contributed by atoms with Gasteiger partial charge in [-0.2, -0.15) is 0 Å². The van der Waals surface area contributed by atoms with E-state index in [-0.39, 0.29) is 18.0 Å². The third-order valence-electron chi connectivity index (χ3n) is 4.65. The van der Waals surface area contributed by atoms with E-state index in [1.54, 1.807) is 6.92 Å². The summed E-state index contributed by atoms with van der Waals surface area (Å²) in [6.45, 7) is 6.50. The Kier molecular flexibility index (Phi) is 7.44. The van der Waals surface area contributed by atoms with Crippen LogP contribution in [-0.2, 0) is 11.3 Å². The fourth-order valence-electron chi connectivity index (χ4n) is 3.18. The van der Waals surface area contributed by atoms with Crippen molar-refractivity contribution in [2.75, 3.05) is 30.9 Å². The van der Waals surface area contributed by atoms with Gasteiger partial charge in [-0.05, 0) is 43.2 Å². The second-order valence-electron chi connectivity index (χ2n) is 6.96. The van der Waals surface area contributed by atoms with E-state index >= 15 is 0 Å². The first kappa shape index (κ1) is 21.3. The van der Waals surface area contributed by atoms with Gasteiger partial charge < -0.3 is 20.4 Å². The quantitative estimate of drug-likeness (QED) is 0.761. The minimum Gasteiger partial charge on any atom is -0.377 e. The van der Waals surface area contributed by atoms with Crippen LogP contribution in [0.4, 0.5) is 16.2 Å². The molecule has 0 fully saturated rings. The van der Waals surface area contributed by atoms with Crippen molar-refractivity contribution in [2.45, 2.75) is 33.4 Å². The molecule has 28 heavy (non-hydrogen) atoms. The Bertz CT molecular complexity index is 805. The van der Waals surface area contributed by atoms with Crippen LogP contribution in [0.1, 0.15) is 37.9 Å². The highest BCUT2D eigenvalue weighted by Crippen LogP contribution is 2.28. The average Bonchev–Trinajstić information content (AvgIpc) is 2.66. The minimum atomic E-state index is -0.243. The van der Waals surface area contributed by atoms with E-state index < -0.39 is 0 Å². The number of benzene rings is 2. The van der Waals surface area contributed by atoms with Crippen LogP contribution in [0.3, 0.4) is 0 Å². The first-order chi connectivity index (χ1) is 13.3. The van der Waals surface area contributed by atoms with Gasteiger partial charge in [0.05, 0.1) is 6.04 Å². The van der Waals surface area contributed by atoms with Crippen LogP contribution in [0, 0.1) is 0 Å². The zero-order valence-corrected chi connectivity index (χ0v) is 17.3. The van der Waals surface area contributed by atoms with Gasteiger partial charge in [-0.3, -0.25) is 4.79 Å². The molecule has 0 bridgehead atoms. The predicted octanol–water partition coefficient (Wildman–Crippen LogP) is 4.00. The first-order valence-electron chi connectivity index (χ1n) is 9.50. The maximum Gasteiger partial charge on any atom is 0.319 e. The van der Waals surface area contributed by atoms with Crippen molar-refractivity contribution in [3.8, 4) is 0 Å². The number of nitrogens with zero attached hydrogens (tertiary/aromatic N) is 2. The smallest absolute Gasteiger partial charge is 0.319 e. The highest BCUT2D eigenvalue weighted by atomic mass is 16.2. The topological polar surface area (TPSA) is 64.7 Å². The number of anilines is 2. The Morgan fingerprint density at radius 2 is 1.75 bits per heavy atom. The molecular weight excluding hydrogens is 352 g/mol. The molecule has 0 saturated carbocycles. The van der Waals surface area contributed by atoms with Crippen molar-refractivity contribution in [3.05, 3.63) is 59.7 Å². The van der Waals surface area contributed by atoms with Gasteiger partial charge in [0.1, 0.15) is 0 Å². The van der Waals surface area contributed by atoms with Gasteiger partial charge in [-0.25, -0.2) is 4.79 Å². The lowest BCUT2D eigenvalue weighted by atomic mass is 10.0. The largest absolute Gasteiger partial charge is 0.377 e. The van der Waals surface area contributed by atoms with Crippen molar-refractivity contribution in [3.63, 3.8) is 0 Å². The summed E-state index contributed by atoms with van der Waals surface area (Å²) in [5, 5.41) is 5.57. The fourth-order valence-corrected chi connectivity index (χ4v) is 3.18. The molecule has 2 aromatic rings.